The molecule has 104 valence electrons. The van der Waals surface area contributed by atoms with Crippen LogP contribution in [-0.2, 0) is 0 Å². The first-order chi connectivity index (χ1) is 9.09. The fourth-order valence-corrected chi connectivity index (χ4v) is 2.03. The second kappa shape index (κ2) is 6.16. The first-order valence-electron chi connectivity index (χ1n) is 6.34. The lowest BCUT2D eigenvalue weighted by molar-refractivity contribution is 0.396. The van der Waals surface area contributed by atoms with Gasteiger partial charge < -0.3 is 10.2 Å². The van der Waals surface area contributed by atoms with E-state index in [1.165, 1.54) is 6.33 Å². The van der Waals surface area contributed by atoms with Gasteiger partial charge in [0, 0.05) is 12.1 Å². The molecule has 6 nitrogen and oxygen atoms in total. The van der Waals surface area contributed by atoms with Crippen molar-refractivity contribution >= 4 is 23.2 Å². The van der Waals surface area contributed by atoms with E-state index < -0.39 is 0 Å². The number of unbranched alkanes of at least 4 members (excludes halogenated alkanes) is 1. The molecular weight excluding hydrogens is 264 g/mol. The number of halogens is 1. The zero-order chi connectivity index (χ0) is 13.8. The molecule has 0 saturated carbocycles. The van der Waals surface area contributed by atoms with Crippen LogP contribution in [0.15, 0.2) is 6.33 Å². The van der Waals surface area contributed by atoms with E-state index in [1.807, 2.05) is 6.92 Å². The van der Waals surface area contributed by atoms with E-state index in [9.17, 15) is 0 Å². The first-order valence-corrected chi connectivity index (χ1v) is 6.72. The Kier molecular flexibility index (Phi) is 4.55. The van der Waals surface area contributed by atoms with Crippen molar-refractivity contribution < 1.29 is 0 Å². The van der Waals surface area contributed by atoms with Crippen molar-refractivity contribution in [3.05, 3.63) is 17.0 Å². The normalized spacial score (nSPS) is 11.4. The summed E-state index contributed by atoms with van der Waals surface area (Å²) in [6, 6.07) is 0. The van der Waals surface area contributed by atoms with Crippen LogP contribution in [0.1, 0.15) is 18.4 Å². The van der Waals surface area contributed by atoms with Gasteiger partial charge in [-0.1, -0.05) is 11.6 Å². The third-order valence-corrected chi connectivity index (χ3v) is 3.30. The molecule has 0 amide bonds. The van der Waals surface area contributed by atoms with Crippen LogP contribution in [-0.4, -0.2) is 51.7 Å². The lowest BCUT2D eigenvalue weighted by Gasteiger charge is -2.12. The maximum atomic E-state index is 6.09. The van der Waals surface area contributed by atoms with Gasteiger partial charge in [-0.3, -0.25) is 0 Å². The van der Waals surface area contributed by atoms with Crippen LogP contribution in [0.3, 0.4) is 0 Å². The summed E-state index contributed by atoms with van der Waals surface area (Å²) in [6.07, 6.45) is 3.72. The molecule has 2 aromatic rings. The Morgan fingerprint density at radius 3 is 2.89 bits per heavy atom. The molecule has 2 heterocycles. The molecule has 2 rings (SSSR count). The summed E-state index contributed by atoms with van der Waals surface area (Å²) in [5, 5.41) is 8.00. The Morgan fingerprint density at radius 1 is 1.37 bits per heavy atom. The number of fused-ring (bicyclic) bond motifs is 1. The van der Waals surface area contributed by atoms with Gasteiger partial charge in [0.05, 0.1) is 0 Å². The fourth-order valence-electron chi connectivity index (χ4n) is 1.86. The Labute approximate surface area is 117 Å². The summed E-state index contributed by atoms with van der Waals surface area (Å²) in [7, 11) is 4.17. The minimum absolute atomic E-state index is 0.469. The number of nitrogens with one attached hydrogen (secondary N) is 1. The van der Waals surface area contributed by atoms with E-state index in [1.54, 1.807) is 4.52 Å². The van der Waals surface area contributed by atoms with Gasteiger partial charge in [0.2, 0.25) is 0 Å². The molecule has 0 aliphatic carbocycles. The van der Waals surface area contributed by atoms with Crippen molar-refractivity contribution in [2.45, 2.75) is 19.8 Å². The smallest absolute Gasteiger partial charge is 0.255 e. The van der Waals surface area contributed by atoms with E-state index in [4.69, 9.17) is 11.6 Å². The van der Waals surface area contributed by atoms with Gasteiger partial charge in [-0.25, -0.2) is 0 Å². The average Bonchev–Trinajstić information content (AvgIpc) is 2.80. The van der Waals surface area contributed by atoms with Crippen molar-refractivity contribution in [3.8, 4) is 0 Å². The highest BCUT2D eigenvalue weighted by Crippen LogP contribution is 2.21. The highest BCUT2D eigenvalue weighted by molar-refractivity contribution is 6.30. The van der Waals surface area contributed by atoms with Gasteiger partial charge in [0.25, 0.3) is 5.78 Å². The van der Waals surface area contributed by atoms with Crippen LogP contribution in [0, 0.1) is 6.92 Å². The predicted octanol–water partition coefficient (Wildman–Crippen LogP) is 1.84. The van der Waals surface area contributed by atoms with Crippen molar-refractivity contribution in [3.63, 3.8) is 0 Å². The average molecular weight is 283 g/mol. The minimum Gasteiger partial charge on any atom is -0.370 e. The van der Waals surface area contributed by atoms with Gasteiger partial charge in [-0.2, -0.15) is 19.6 Å². The molecule has 0 bridgehead atoms. The zero-order valence-corrected chi connectivity index (χ0v) is 12.3. The van der Waals surface area contributed by atoms with Gasteiger partial charge in [0.1, 0.15) is 17.3 Å². The summed E-state index contributed by atoms with van der Waals surface area (Å²) in [6.45, 7) is 3.90. The molecule has 19 heavy (non-hydrogen) atoms. The van der Waals surface area contributed by atoms with E-state index in [-0.39, 0.29) is 0 Å². The number of nitrogens with zero attached hydrogens (tertiary/aromatic N) is 5. The van der Waals surface area contributed by atoms with Crippen LogP contribution in [0.4, 0.5) is 5.82 Å². The molecule has 0 atom stereocenters. The van der Waals surface area contributed by atoms with E-state index in [0.29, 0.717) is 10.9 Å². The topological polar surface area (TPSA) is 58.4 Å². The molecule has 7 heteroatoms. The van der Waals surface area contributed by atoms with Crippen molar-refractivity contribution in [2.75, 3.05) is 32.5 Å². The van der Waals surface area contributed by atoms with Gasteiger partial charge in [0.15, 0.2) is 0 Å². The Hall–Kier alpha value is -1.40. The maximum Gasteiger partial charge on any atom is 0.255 e. The summed E-state index contributed by atoms with van der Waals surface area (Å²) in [4.78, 5) is 10.4. The monoisotopic (exact) mass is 282 g/mol. The van der Waals surface area contributed by atoms with Crippen molar-refractivity contribution in [2.24, 2.45) is 0 Å². The molecule has 0 aliphatic heterocycles. The third kappa shape index (κ3) is 3.33. The van der Waals surface area contributed by atoms with Gasteiger partial charge in [-0.05, 0) is 40.4 Å². The largest absolute Gasteiger partial charge is 0.370 e. The van der Waals surface area contributed by atoms with E-state index in [2.05, 4.69) is 39.4 Å². The number of rotatable bonds is 6. The lowest BCUT2D eigenvalue weighted by atomic mass is 10.3. The molecule has 0 aromatic carbocycles. The molecule has 0 aliphatic rings. The number of hydrogen-bond acceptors (Lipinski definition) is 5. The molecule has 0 radical (unpaired) electrons. The summed E-state index contributed by atoms with van der Waals surface area (Å²) >= 11 is 6.09. The molecule has 0 unspecified atom stereocenters. The SMILES string of the molecule is Cc1c(Cl)nc2ncnn2c1NCCCCN(C)C. The van der Waals surface area contributed by atoms with Crippen LogP contribution in [0.2, 0.25) is 5.15 Å². The van der Waals surface area contributed by atoms with Crippen LogP contribution >= 0.6 is 11.6 Å². The first kappa shape index (κ1) is 14.0. The molecular formula is C12H19ClN6. The summed E-state index contributed by atoms with van der Waals surface area (Å²) < 4.78 is 1.69. The number of anilines is 1. The second-order valence-electron chi connectivity index (χ2n) is 4.79. The Bertz CT molecular complexity index is 550. The molecule has 0 spiro atoms. The molecule has 0 saturated heterocycles. The summed E-state index contributed by atoms with van der Waals surface area (Å²) in [5.41, 5.74) is 0.896. The predicted molar refractivity (Wildman–Crippen MR) is 76.8 cm³/mol. The Balaban J connectivity index is 2.03. The van der Waals surface area contributed by atoms with Crippen molar-refractivity contribution in [1.82, 2.24) is 24.5 Å². The third-order valence-electron chi connectivity index (χ3n) is 2.93. The Morgan fingerprint density at radius 2 is 2.16 bits per heavy atom. The van der Waals surface area contributed by atoms with E-state index in [0.717, 1.165) is 37.3 Å². The highest BCUT2D eigenvalue weighted by Gasteiger charge is 2.11. The fraction of sp³-hybridized carbons (Fsp3) is 0.583. The van der Waals surface area contributed by atoms with Crippen LogP contribution in [0.5, 0.6) is 0 Å². The van der Waals surface area contributed by atoms with Gasteiger partial charge >= 0.3 is 0 Å². The van der Waals surface area contributed by atoms with Crippen LogP contribution < -0.4 is 5.32 Å². The maximum absolute atomic E-state index is 6.09. The molecule has 2 aromatic heterocycles. The minimum atomic E-state index is 0.469. The summed E-state index contributed by atoms with van der Waals surface area (Å²) in [5.74, 6) is 1.39. The van der Waals surface area contributed by atoms with Crippen LogP contribution in [0.25, 0.3) is 5.78 Å². The van der Waals surface area contributed by atoms with Gasteiger partial charge in [-0.15, -0.1) is 0 Å². The quantitative estimate of drug-likeness (QED) is 0.647. The standard InChI is InChI=1S/C12H19ClN6/c1-9-10(13)17-12-15-8-16-19(12)11(9)14-6-4-5-7-18(2)3/h8,14H,4-7H2,1-3H3. The van der Waals surface area contributed by atoms with Crippen molar-refractivity contribution in [1.29, 1.82) is 0 Å². The lowest BCUT2D eigenvalue weighted by Crippen LogP contribution is -2.15. The molecule has 1 N–H and O–H groups in total. The van der Waals surface area contributed by atoms with E-state index >= 15 is 0 Å². The molecule has 0 fully saturated rings. The second-order valence-corrected chi connectivity index (χ2v) is 5.14. The number of aromatic nitrogens is 4. The number of hydrogen-bond donors (Lipinski definition) is 1. The zero-order valence-electron chi connectivity index (χ0n) is 11.5. The highest BCUT2D eigenvalue weighted by atomic mass is 35.5.